The molecule has 15 heavy (non-hydrogen) atoms. The van der Waals surface area contributed by atoms with Crippen LogP contribution in [-0.4, -0.2) is 11.7 Å². The van der Waals surface area contributed by atoms with Crippen LogP contribution in [0.25, 0.3) is 0 Å². The van der Waals surface area contributed by atoms with Crippen molar-refractivity contribution >= 4 is 34.8 Å². The fraction of sp³-hybridized carbons (Fsp3) is 0.200. The molecule has 0 amide bonds. The molecule has 0 aliphatic carbocycles. The predicted octanol–water partition coefficient (Wildman–Crippen LogP) is 3.62. The number of rotatable bonds is 4. The topological polar surface area (TPSA) is 29.5 Å². The number of benzene rings is 1. The van der Waals surface area contributed by atoms with E-state index in [9.17, 15) is 0 Å². The van der Waals surface area contributed by atoms with Gasteiger partial charge in [0.05, 0.1) is 11.6 Å². The maximum Gasteiger partial charge on any atom is 0.143 e. The van der Waals surface area contributed by atoms with E-state index in [1.807, 2.05) is 0 Å². The van der Waals surface area contributed by atoms with Gasteiger partial charge in [0.25, 0.3) is 0 Å². The highest BCUT2D eigenvalue weighted by atomic mass is 35.5. The molecule has 0 atom stereocenters. The Morgan fingerprint density at radius 3 is 2.67 bits per heavy atom. The molecular weight excluding hydrogens is 258 g/mol. The van der Waals surface area contributed by atoms with E-state index in [0.717, 1.165) is 0 Å². The zero-order valence-electron chi connectivity index (χ0n) is 7.71. The van der Waals surface area contributed by atoms with Crippen molar-refractivity contribution in [2.24, 2.45) is 0 Å². The maximum absolute atomic E-state index is 9.08. The molecule has 1 aromatic carbocycles. The van der Waals surface area contributed by atoms with Crippen LogP contribution in [0.2, 0.25) is 10.0 Å². The van der Waals surface area contributed by atoms with E-state index in [2.05, 4.69) is 0 Å². The molecule has 5 heteroatoms. The normalized spacial score (nSPS) is 10.9. The Kier molecular flexibility index (Phi) is 5.26. The van der Waals surface area contributed by atoms with Crippen LogP contribution in [0.3, 0.4) is 0 Å². The molecule has 82 valence electrons. The van der Waals surface area contributed by atoms with E-state index in [1.54, 1.807) is 18.2 Å². The summed E-state index contributed by atoms with van der Waals surface area (Å²) in [5, 5.41) is 9.91. The Morgan fingerprint density at radius 1 is 1.33 bits per heavy atom. The lowest BCUT2D eigenvalue weighted by Gasteiger charge is -2.10. The van der Waals surface area contributed by atoms with Crippen molar-refractivity contribution in [1.82, 2.24) is 0 Å². The summed E-state index contributed by atoms with van der Waals surface area (Å²) < 4.78 is 5.33. The molecule has 1 rings (SSSR count). The average molecular weight is 268 g/mol. The predicted molar refractivity (Wildman–Crippen MR) is 62.9 cm³/mol. The quantitative estimate of drug-likeness (QED) is 0.903. The molecule has 0 heterocycles. The lowest BCUT2D eigenvalue weighted by Crippen LogP contribution is -1.98. The van der Waals surface area contributed by atoms with Crippen molar-refractivity contribution in [3.63, 3.8) is 0 Å². The van der Waals surface area contributed by atoms with Crippen molar-refractivity contribution in [1.29, 1.82) is 0 Å². The maximum atomic E-state index is 9.08. The van der Waals surface area contributed by atoms with Crippen molar-refractivity contribution in [2.45, 2.75) is 6.61 Å². The third-order valence-electron chi connectivity index (χ3n) is 1.67. The minimum atomic E-state index is -0.180. The van der Waals surface area contributed by atoms with Crippen molar-refractivity contribution < 1.29 is 9.84 Å². The number of hydrogen-bond acceptors (Lipinski definition) is 2. The van der Waals surface area contributed by atoms with Crippen LogP contribution in [0.1, 0.15) is 5.56 Å². The first kappa shape index (κ1) is 12.7. The fourth-order valence-electron chi connectivity index (χ4n) is 1.06. The molecule has 0 saturated carbocycles. The van der Waals surface area contributed by atoms with Crippen LogP contribution in [-0.2, 0) is 6.61 Å². The number of ether oxygens (including phenoxy) is 1. The highest BCUT2D eigenvalue weighted by molar-refractivity contribution is 6.35. The zero-order chi connectivity index (χ0) is 11.3. The number of aliphatic hydroxyl groups excluding tert-OH is 1. The average Bonchev–Trinajstić information content (AvgIpc) is 2.20. The summed E-state index contributed by atoms with van der Waals surface area (Å²) >= 11 is 17.0. The van der Waals surface area contributed by atoms with E-state index in [-0.39, 0.29) is 13.2 Å². The molecule has 0 saturated heterocycles. The molecule has 0 spiro atoms. The van der Waals surface area contributed by atoms with Gasteiger partial charge in [0.15, 0.2) is 0 Å². The number of aliphatic hydroxyl groups is 1. The molecule has 1 N–H and O–H groups in total. The molecule has 0 bridgehead atoms. The van der Waals surface area contributed by atoms with Gasteiger partial charge in [-0.2, -0.15) is 0 Å². The van der Waals surface area contributed by atoms with Crippen LogP contribution >= 0.6 is 34.8 Å². The van der Waals surface area contributed by atoms with Crippen LogP contribution < -0.4 is 4.74 Å². The molecule has 0 fully saturated rings. The molecule has 2 nitrogen and oxygen atoms in total. The van der Waals surface area contributed by atoms with E-state index in [4.69, 9.17) is 44.6 Å². The van der Waals surface area contributed by atoms with Gasteiger partial charge in [0.1, 0.15) is 12.4 Å². The van der Waals surface area contributed by atoms with E-state index in [0.29, 0.717) is 21.4 Å². The monoisotopic (exact) mass is 266 g/mol. The minimum absolute atomic E-state index is 0.180. The van der Waals surface area contributed by atoms with Gasteiger partial charge in [0.2, 0.25) is 0 Å². The van der Waals surface area contributed by atoms with Crippen LogP contribution in [0.4, 0.5) is 0 Å². The second-order valence-electron chi connectivity index (χ2n) is 2.71. The Hall–Kier alpha value is -0.410. The molecule has 0 aliphatic rings. The van der Waals surface area contributed by atoms with Gasteiger partial charge in [-0.3, -0.25) is 0 Å². The SMILES string of the molecule is OCc1cc(Cl)cc(Cl)c1OC/C=C/Cl. The summed E-state index contributed by atoms with van der Waals surface area (Å²) in [6.07, 6.45) is 1.62. The van der Waals surface area contributed by atoms with Gasteiger partial charge < -0.3 is 9.84 Å². The lowest BCUT2D eigenvalue weighted by atomic mass is 10.2. The first-order valence-corrected chi connectivity index (χ1v) is 5.35. The Morgan fingerprint density at radius 2 is 2.07 bits per heavy atom. The van der Waals surface area contributed by atoms with Crippen LogP contribution in [0.15, 0.2) is 23.7 Å². The second kappa shape index (κ2) is 6.23. The summed E-state index contributed by atoms with van der Waals surface area (Å²) in [7, 11) is 0. The van der Waals surface area contributed by atoms with Gasteiger partial charge in [-0.25, -0.2) is 0 Å². The van der Waals surface area contributed by atoms with Crippen LogP contribution in [0.5, 0.6) is 5.75 Å². The van der Waals surface area contributed by atoms with Gasteiger partial charge in [-0.1, -0.05) is 34.8 Å². The third kappa shape index (κ3) is 3.58. The van der Waals surface area contributed by atoms with Gasteiger partial charge in [-0.05, 0) is 18.2 Å². The van der Waals surface area contributed by atoms with E-state index in [1.165, 1.54) is 5.54 Å². The smallest absolute Gasteiger partial charge is 0.143 e. The van der Waals surface area contributed by atoms with Crippen LogP contribution in [0, 0.1) is 0 Å². The van der Waals surface area contributed by atoms with Gasteiger partial charge >= 0.3 is 0 Å². The molecule has 0 unspecified atom stereocenters. The zero-order valence-corrected chi connectivity index (χ0v) is 9.98. The molecule has 0 radical (unpaired) electrons. The first-order valence-electron chi connectivity index (χ1n) is 4.16. The highest BCUT2D eigenvalue weighted by Gasteiger charge is 2.09. The Balaban J connectivity index is 2.93. The van der Waals surface area contributed by atoms with Gasteiger partial charge in [0, 0.05) is 16.1 Å². The first-order chi connectivity index (χ1) is 7.19. The van der Waals surface area contributed by atoms with Gasteiger partial charge in [-0.15, -0.1) is 0 Å². The minimum Gasteiger partial charge on any atom is -0.488 e. The molecule has 0 aromatic heterocycles. The fourth-order valence-corrected chi connectivity index (χ4v) is 1.72. The Labute approximate surface area is 103 Å². The summed E-state index contributed by atoms with van der Waals surface area (Å²) in [6, 6.07) is 3.16. The van der Waals surface area contributed by atoms with Crippen molar-refractivity contribution in [3.8, 4) is 5.75 Å². The number of halogens is 3. The summed E-state index contributed by atoms with van der Waals surface area (Å²) in [5.74, 6) is 0.429. The van der Waals surface area contributed by atoms with E-state index >= 15 is 0 Å². The Bertz CT molecular complexity index is 364. The number of hydrogen-bond donors (Lipinski definition) is 1. The van der Waals surface area contributed by atoms with E-state index < -0.39 is 0 Å². The van der Waals surface area contributed by atoms with Crippen molar-refractivity contribution in [3.05, 3.63) is 39.4 Å². The highest BCUT2D eigenvalue weighted by Crippen LogP contribution is 2.32. The molecule has 0 aliphatic heterocycles. The van der Waals surface area contributed by atoms with Crippen molar-refractivity contribution in [2.75, 3.05) is 6.61 Å². The third-order valence-corrected chi connectivity index (χ3v) is 2.35. The second-order valence-corrected chi connectivity index (χ2v) is 3.80. The summed E-state index contributed by atoms with van der Waals surface area (Å²) in [6.45, 7) is 0.109. The summed E-state index contributed by atoms with van der Waals surface area (Å²) in [5.41, 5.74) is 1.90. The lowest BCUT2D eigenvalue weighted by molar-refractivity contribution is 0.270. The largest absolute Gasteiger partial charge is 0.488 e. The summed E-state index contributed by atoms with van der Waals surface area (Å²) in [4.78, 5) is 0. The molecule has 1 aromatic rings. The standard InChI is InChI=1S/C10H9Cl3O2/c11-2-1-3-15-10-7(6-14)4-8(12)5-9(10)13/h1-2,4-5,14H,3,6H2/b2-1+. The molecular formula is C10H9Cl3O2.